The number of halogens is 2. The Balaban J connectivity index is 1.78. The molecule has 2 aromatic carbocycles. The molecule has 0 aromatic heterocycles. The Labute approximate surface area is 160 Å². The predicted molar refractivity (Wildman–Crippen MR) is 102 cm³/mol. The van der Waals surface area contributed by atoms with Crippen LogP contribution in [-0.2, 0) is 23.0 Å². The molecular weight excluding hydrogens is 423 g/mol. The zero-order valence-electron chi connectivity index (χ0n) is 14.3. The van der Waals surface area contributed by atoms with Crippen molar-refractivity contribution in [2.75, 3.05) is 10.6 Å². The summed E-state index contributed by atoms with van der Waals surface area (Å²) in [5.41, 5.74) is 2.52. The van der Waals surface area contributed by atoms with Gasteiger partial charge in [0.2, 0.25) is 10.0 Å². The largest absolute Gasteiger partial charge is 0.348 e. The molecule has 3 rings (SSSR count). The molecule has 26 heavy (non-hydrogen) atoms. The summed E-state index contributed by atoms with van der Waals surface area (Å²) in [5.74, 6) is -0.667. The van der Waals surface area contributed by atoms with Gasteiger partial charge in [0.05, 0.1) is 11.9 Å². The lowest BCUT2D eigenvalue weighted by Gasteiger charge is -2.21. The third-order valence-electron chi connectivity index (χ3n) is 4.30. The lowest BCUT2D eigenvalue weighted by Crippen LogP contribution is -2.34. The van der Waals surface area contributed by atoms with Gasteiger partial charge in [-0.2, -0.15) is 0 Å². The Kier molecular flexibility index (Phi) is 5.07. The summed E-state index contributed by atoms with van der Waals surface area (Å²) in [5, 5.41) is 2.76. The number of nitrogens with zero attached hydrogens (tertiary/aromatic N) is 1. The van der Waals surface area contributed by atoms with E-state index in [1.807, 2.05) is 6.92 Å². The molecule has 0 saturated heterocycles. The zero-order chi connectivity index (χ0) is 19.1. The Morgan fingerprint density at radius 1 is 1.31 bits per heavy atom. The minimum Gasteiger partial charge on any atom is -0.348 e. The fourth-order valence-electron chi connectivity index (χ4n) is 3.21. The van der Waals surface area contributed by atoms with Gasteiger partial charge in [0.15, 0.2) is 0 Å². The summed E-state index contributed by atoms with van der Waals surface area (Å²) >= 11 is 3.33. The van der Waals surface area contributed by atoms with Gasteiger partial charge >= 0.3 is 0 Å². The van der Waals surface area contributed by atoms with Crippen molar-refractivity contribution >= 4 is 37.5 Å². The standard InChI is InChI=1S/C18H18BrFN2O3S/c1-11-7-13-8-12(3-6-17(13)22(11)26(2,24)25)18(23)21-10-14-9-15(20)4-5-16(14)19/h3-6,8-9,11H,7,10H2,1-2H3,(H,21,23). The van der Waals surface area contributed by atoms with Crippen LogP contribution in [0.3, 0.4) is 0 Å². The molecule has 1 aliphatic heterocycles. The molecule has 0 aliphatic carbocycles. The van der Waals surface area contributed by atoms with Crippen molar-refractivity contribution in [3.8, 4) is 0 Å². The number of carbonyl (C=O) groups is 1. The van der Waals surface area contributed by atoms with Gasteiger partial charge < -0.3 is 5.32 Å². The van der Waals surface area contributed by atoms with Crippen LogP contribution in [0.5, 0.6) is 0 Å². The summed E-state index contributed by atoms with van der Waals surface area (Å²) in [6.07, 6.45) is 1.73. The Hall–Kier alpha value is -1.93. The maximum Gasteiger partial charge on any atom is 0.251 e. The molecule has 0 radical (unpaired) electrons. The zero-order valence-corrected chi connectivity index (χ0v) is 16.7. The van der Waals surface area contributed by atoms with Gasteiger partial charge in [-0.3, -0.25) is 9.10 Å². The highest BCUT2D eigenvalue weighted by molar-refractivity contribution is 9.10. The van der Waals surface area contributed by atoms with E-state index in [2.05, 4.69) is 21.2 Å². The highest BCUT2D eigenvalue weighted by Gasteiger charge is 2.32. The molecule has 1 unspecified atom stereocenters. The first-order valence-electron chi connectivity index (χ1n) is 8.01. The number of benzene rings is 2. The smallest absolute Gasteiger partial charge is 0.251 e. The maximum absolute atomic E-state index is 13.3. The number of hydrogen-bond acceptors (Lipinski definition) is 3. The molecule has 5 nitrogen and oxygen atoms in total. The molecule has 0 bridgehead atoms. The van der Waals surface area contributed by atoms with Gasteiger partial charge in [0.25, 0.3) is 5.91 Å². The molecule has 138 valence electrons. The third-order valence-corrected chi connectivity index (χ3v) is 6.34. The van der Waals surface area contributed by atoms with Gasteiger partial charge in [-0.05, 0) is 60.9 Å². The molecule has 0 saturated carbocycles. The van der Waals surface area contributed by atoms with Crippen molar-refractivity contribution in [1.29, 1.82) is 0 Å². The number of sulfonamides is 1. The van der Waals surface area contributed by atoms with E-state index in [1.165, 1.54) is 22.7 Å². The number of nitrogens with one attached hydrogen (secondary N) is 1. The number of amides is 1. The van der Waals surface area contributed by atoms with Gasteiger partial charge in [0, 0.05) is 22.6 Å². The minimum absolute atomic E-state index is 0.179. The lowest BCUT2D eigenvalue weighted by molar-refractivity contribution is 0.0950. The Morgan fingerprint density at radius 3 is 2.73 bits per heavy atom. The first kappa shape index (κ1) is 18.8. The third kappa shape index (κ3) is 3.76. The molecule has 2 aromatic rings. The van der Waals surface area contributed by atoms with Crippen LogP contribution in [0, 0.1) is 5.82 Å². The van der Waals surface area contributed by atoms with Crippen LogP contribution in [0.15, 0.2) is 40.9 Å². The number of anilines is 1. The summed E-state index contributed by atoms with van der Waals surface area (Å²) in [6.45, 7) is 2.02. The molecular formula is C18H18BrFN2O3S. The average Bonchev–Trinajstić information content (AvgIpc) is 2.90. The first-order chi connectivity index (χ1) is 12.2. The van der Waals surface area contributed by atoms with Crippen molar-refractivity contribution in [2.45, 2.75) is 25.9 Å². The number of fused-ring (bicyclic) bond motifs is 1. The molecule has 1 amide bonds. The van der Waals surface area contributed by atoms with E-state index in [0.717, 1.165) is 5.56 Å². The average molecular weight is 441 g/mol. The molecule has 1 aliphatic rings. The normalized spacial score (nSPS) is 16.5. The van der Waals surface area contributed by atoms with Gasteiger partial charge in [-0.1, -0.05) is 15.9 Å². The molecule has 1 atom stereocenters. The second-order valence-corrected chi connectivity index (χ2v) is 9.09. The van der Waals surface area contributed by atoms with Crippen LogP contribution in [0.1, 0.15) is 28.4 Å². The van der Waals surface area contributed by atoms with Gasteiger partial charge in [-0.25, -0.2) is 12.8 Å². The van der Waals surface area contributed by atoms with Crippen LogP contribution < -0.4 is 9.62 Å². The topological polar surface area (TPSA) is 66.5 Å². The summed E-state index contributed by atoms with van der Waals surface area (Å²) in [4.78, 5) is 12.4. The second kappa shape index (κ2) is 7.00. The van der Waals surface area contributed by atoms with Crippen LogP contribution in [0.2, 0.25) is 0 Å². The molecule has 8 heteroatoms. The summed E-state index contributed by atoms with van der Waals surface area (Å²) in [7, 11) is -3.36. The summed E-state index contributed by atoms with van der Waals surface area (Å²) < 4.78 is 39.3. The highest BCUT2D eigenvalue weighted by Crippen LogP contribution is 2.34. The van der Waals surface area contributed by atoms with Crippen LogP contribution >= 0.6 is 15.9 Å². The number of hydrogen-bond donors (Lipinski definition) is 1. The van der Waals surface area contributed by atoms with Crippen molar-refractivity contribution in [1.82, 2.24) is 5.32 Å². The predicted octanol–water partition coefficient (Wildman–Crippen LogP) is 3.23. The van der Waals surface area contributed by atoms with E-state index >= 15 is 0 Å². The second-order valence-electron chi connectivity index (χ2n) is 6.37. The lowest BCUT2D eigenvalue weighted by atomic mass is 10.1. The molecule has 0 fully saturated rings. The summed E-state index contributed by atoms with van der Waals surface area (Å²) in [6, 6.07) is 9.09. The highest BCUT2D eigenvalue weighted by atomic mass is 79.9. The van der Waals surface area contributed by atoms with E-state index in [4.69, 9.17) is 0 Å². The van der Waals surface area contributed by atoms with Crippen molar-refractivity contribution in [3.63, 3.8) is 0 Å². The van der Waals surface area contributed by atoms with E-state index in [0.29, 0.717) is 27.7 Å². The van der Waals surface area contributed by atoms with E-state index in [9.17, 15) is 17.6 Å². The van der Waals surface area contributed by atoms with E-state index < -0.39 is 10.0 Å². The van der Waals surface area contributed by atoms with Crippen LogP contribution in [0.25, 0.3) is 0 Å². The molecule has 1 N–H and O–H groups in total. The Bertz CT molecular complexity index is 978. The number of rotatable bonds is 4. The van der Waals surface area contributed by atoms with Crippen molar-refractivity contribution in [3.05, 3.63) is 63.4 Å². The van der Waals surface area contributed by atoms with Crippen LogP contribution in [0.4, 0.5) is 10.1 Å². The molecule has 0 spiro atoms. The van der Waals surface area contributed by atoms with Crippen molar-refractivity contribution in [2.24, 2.45) is 0 Å². The first-order valence-corrected chi connectivity index (χ1v) is 10.7. The van der Waals surface area contributed by atoms with Gasteiger partial charge in [0.1, 0.15) is 5.82 Å². The minimum atomic E-state index is -3.36. The van der Waals surface area contributed by atoms with Crippen molar-refractivity contribution < 1.29 is 17.6 Å². The van der Waals surface area contributed by atoms with Crippen LogP contribution in [-0.4, -0.2) is 26.6 Å². The van der Waals surface area contributed by atoms with Gasteiger partial charge in [-0.15, -0.1) is 0 Å². The molecule has 1 heterocycles. The Morgan fingerprint density at radius 2 is 2.04 bits per heavy atom. The SMILES string of the molecule is CC1Cc2cc(C(=O)NCc3cc(F)ccc3Br)ccc2N1S(C)(=O)=O. The fraction of sp³-hybridized carbons (Fsp3) is 0.278. The van der Waals surface area contributed by atoms with E-state index in [-0.39, 0.29) is 24.3 Å². The number of carbonyl (C=O) groups excluding carboxylic acids is 1. The van der Waals surface area contributed by atoms with E-state index in [1.54, 1.807) is 24.3 Å². The maximum atomic E-state index is 13.3. The quantitative estimate of drug-likeness (QED) is 0.793. The monoisotopic (exact) mass is 440 g/mol. The fourth-order valence-corrected chi connectivity index (χ4v) is 4.86.